The smallest absolute Gasteiger partial charge is 0.326 e. The van der Waals surface area contributed by atoms with Crippen LogP contribution in [0.3, 0.4) is 0 Å². The second kappa shape index (κ2) is 21.9. The van der Waals surface area contributed by atoms with E-state index in [1.807, 2.05) is 18.2 Å². The first kappa shape index (κ1) is 46.7. The van der Waals surface area contributed by atoms with E-state index in [0.29, 0.717) is 81.0 Å². The SMILES string of the molecule is C=CCc1c(OCCCCC(C)(C)C(=O)N[C@@H](Cc2ccc(OCCCNC(=O)c3ccc(N/N=C\c4ccccc4S(=O)(=O)O)nc3)cc2)C(=O)O)ccc2c1CCCC2=O. The number of pyridine rings is 1. The molecule has 0 unspecified atom stereocenters. The van der Waals surface area contributed by atoms with Crippen molar-refractivity contribution in [2.75, 3.05) is 25.2 Å². The molecule has 0 spiro atoms. The number of carboxylic acids is 1. The molecule has 1 atom stereocenters. The van der Waals surface area contributed by atoms with Gasteiger partial charge in [0.1, 0.15) is 28.3 Å². The molecule has 1 aromatic heterocycles. The lowest BCUT2D eigenvalue weighted by Crippen LogP contribution is -2.47. The Hall–Kier alpha value is -6.39. The Morgan fingerprint density at radius 3 is 2.44 bits per heavy atom. The summed E-state index contributed by atoms with van der Waals surface area (Å²) in [7, 11) is -4.42. The first-order valence-electron chi connectivity index (χ1n) is 20.4. The Balaban J connectivity index is 0.991. The van der Waals surface area contributed by atoms with Crippen LogP contribution in [0.2, 0.25) is 0 Å². The lowest BCUT2D eigenvalue weighted by atomic mass is 9.85. The lowest BCUT2D eigenvalue weighted by molar-refractivity contribution is -0.143. The average Bonchev–Trinajstić information content (AvgIpc) is 3.24. The molecule has 0 bridgehead atoms. The molecule has 1 aliphatic carbocycles. The van der Waals surface area contributed by atoms with Crippen LogP contribution >= 0.6 is 0 Å². The normalized spacial score (nSPS) is 13.2. The van der Waals surface area contributed by atoms with E-state index in [4.69, 9.17) is 9.47 Å². The highest BCUT2D eigenvalue weighted by atomic mass is 32.2. The zero-order valence-electron chi connectivity index (χ0n) is 34.9. The summed E-state index contributed by atoms with van der Waals surface area (Å²) in [6, 6.07) is 18.4. The van der Waals surface area contributed by atoms with E-state index in [9.17, 15) is 37.3 Å². The topological polar surface area (TPSA) is 223 Å². The fraction of sp³-hybridized carbons (Fsp3) is 0.348. The van der Waals surface area contributed by atoms with Gasteiger partial charge < -0.3 is 25.2 Å². The van der Waals surface area contributed by atoms with Crippen LogP contribution in [0.15, 0.2) is 102 Å². The van der Waals surface area contributed by atoms with Crippen molar-refractivity contribution in [3.8, 4) is 11.5 Å². The van der Waals surface area contributed by atoms with Crippen molar-refractivity contribution in [1.82, 2.24) is 15.6 Å². The number of aromatic nitrogens is 1. The molecule has 0 saturated heterocycles. The van der Waals surface area contributed by atoms with Crippen molar-refractivity contribution in [3.05, 3.63) is 125 Å². The van der Waals surface area contributed by atoms with Gasteiger partial charge in [0, 0.05) is 47.7 Å². The molecule has 0 aliphatic heterocycles. The molecule has 16 heteroatoms. The summed E-state index contributed by atoms with van der Waals surface area (Å²) in [6.45, 7) is 8.55. The summed E-state index contributed by atoms with van der Waals surface area (Å²) < 4.78 is 44.4. The number of anilines is 1. The molecule has 4 aromatic rings. The van der Waals surface area contributed by atoms with Gasteiger partial charge in [-0.2, -0.15) is 13.5 Å². The number of carbonyl (C=O) groups excluding carboxylic acids is 3. The minimum absolute atomic E-state index is 0.0847. The Morgan fingerprint density at radius 1 is 0.968 bits per heavy atom. The van der Waals surface area contributed by atoms with Crippen molar-refractivity contribution >= 4 is 45.7 Å². The highest BCUT2D eigenvalue weighted by molar-refractivity contribution is 7.86. The predicted octanol–water partition coefficient (Wildman–Crippen LogP) is 6.61. The number of aliphatic carboxylic acids is 1. The van der Waals surface area contributed by atoms with Crippen molar-refractivity contribution < 1.29 is 46.7 Å². The molecule has 0 radical (unpaired) electrons. The minimum Gasteiger partial charge on any atom is -0.494 e. The number of unbranched alkanes of at least 4 members (excludes halogenated alkanes) is 1. The van der Waals surface area contributed by atoms with E-state index in [-0.39, 0.29) is 34.5 Å². The Kier molecular flexibility index (Phi) is 16.5. The van der Waals surface area contributed by atoms with Crippen LogP contribution in [0.1, 0.15) is 95.3 Å². The number of fused-ring (bicyclic) bond motifs is 1. The molecule has 5 N–H and O–H groups in total. The maximum atomic E-state index is 13.3. The first-order valence-corrected chi connectivity index (χ1v) is 21.9. The highest BCUT2D eigenvalue weighted by Crippen LogP contribution is 2.32. The van der Waals surface area contributed by atoms with E-state index in [2.05, 4.69) is 32.7 Å². The molecule has 2 amide bonds. The van der Waals surface area contributed by atoms with E-state index in [0.717, 1.165) is 35.3 Å². The van der Waals surface area contributed by atoms with Gasteiger partial charge in [-0.05, 0) is 98.5 Å². The maximum absolute atomic E-state index is 13.3. The third kappa shape index (κ3) is 13.3. The summed E-state index contributed by atoms with van der Waals surface area (Å²) in [4.78, 5) is 54.3. The first-order chi connectivity index (χ1) is 29.7. The maximum Gasteiger partial charge on any atom is 0.326 e. The molecular formula is C46H53N5O10S. The summed E-state index contributed by atoms with van der Waals surface area (Å²) in [5, 5.41) is 19.4. The van der Waals surface area contributed by atoms with Crippen LogP contribution in [0.4, 0.5) is 5.82 Å². The van der Waals surface area contributed by atoms with E-state index >= 15 is 0 Å². The Morgan fingerprint density at radius 2 is 1.73 bits per heavy atom. The number of Topliss-reactive ketones (excluding diaryl/α,β-unsaturated/α-hetero) is 1. The monoisotopic (exact) mass is 867 g/mol. The fourth-order valence-corrected chi connectivity index (χ4v) is 7.58. The number of benzene rings is 3. The number of rotatable bonds is 23. The molecule has 328 valence electrons. The zero-order chi connectivity index (χ0) is 44.7. The molecule has 0 saturated carbocycles. The second-order valence-corrected chi connectivity index (χ2v) is 16.9. The number of carboxylic acid groups (broad SMARTS) is 1. The number of nitrogens with zero attached hydrogens (tertiary/aromatic N) is 2. The van der Waals surface area contributed by atoms with Crippen LogP contribution < -0.4 is 25.5 Å². The zero-order valence-corrected chi connectivity index (χ0v) is 35.7. The Bertz CT molecular complexity index is 2360. The molecule has 1 heterocycles. The molecule has 62 heavy (non-hydrogen) atoms. The predicted molar refractivity (Wildman–Crippen MR) is 235 cm³/mol. The van der Waals surface area contributed by atoms with Gasteiger partial charge in [-0.3, -0.25) is 24.4 Å². The highest BCUT2D eigenvalue weighted by Gasteiger charge is 2.31. The van der Waals surface area contributed by atoms with Gasteiger partial charge in [0.05, 0.1) is 25.0 Å². The molecule has 1 aliphatic rings. The summed E-state index contributed by atoms with van der Waals surface area (Å²) in [6.07, 6.45) is 9.78. The van der Waals surface area contributed by atoms with Crippen LogP contribution in [-0.4, -0.2) is 78.6 Å². The van der Waals surface area contributed by atoms with Crippen molar-refractivity contribution in [1.29, 1.82) is 0 Å². The third-order valence-electron chi connectivity index (χ3n) is 10.4. The number of carbonyl (C=O) groups is 4. The molecule has 3 aromatic carbocycles. The van der Waals surface area contributed by atoms with E-state index in [1.165, 1.54) is 36.7 Å². The largest absolute Gasteiger partial charge is 0.494 e. The molecule has 15 nitrogen and oxygen atoms in total. The number of nitrogens with one attached hydrogen (secondary N) is 3. The van der Waals surface area contributed by atoms with Gasteiger partial charge in [-0.1, -0.05) is 50.3 Å². The van der Waals surface area contributed by atoms with Gasteiger partial charge in [-0.15, -0.1) is 6.58 Å². The third-order valence-corrected chi connectivity index (χ3v) is 11.3. The molecule has 0 fully saturated rings. The van der Waals surface area contributed by atoms with Gasteiger partial charge in [0.15, 0.2) is 5.78 Å². The minimum atomic E-state index is -4.42. The van der Waals surface area contributed by atoms with Gasteiger partial charge >= 0.3 is 5.97 Å². The van der Waals surface area contributed by atoms with Gasteiger partial charge in [0.25, 0.3) is 16.0 Å². The van der Waals surface area contributed by atoms with Crippen molar-refractivity contribution in [3.63, 3.8) is 0 Å². The number of allylic oxidation sites excluding steroid dienone is 1. The number of ether oxygens (including phenoxy) is 2. The fourth-order valence-electron chi connectivity index (χ4n) is 6.91. The molecular weight excluding hydrogens is 815 g/mol. The summed E-state index contributed by atoms with van der Waals surface area (Å²) >= 11 is 0. The van der Waals surface area contributed by atoms with Crippen LogP contribution in [0, 0.1) is 5.41 Å². The number of hydrazone groups is 1. The van der Waals surface area contributed by atoms with Crippen LogP contribution in [0.5, 0.6) is 11.5 Å². The van der Waals surface area contributed by atoms with Crippen molar-refractivity contribution in [2.45, 2.75) is 82.6 Å². The van der Waals surface area contributed by atoms with Crippen molar-refractivity contribution in [2.24, 2.45) is 10.5 Å². The number of hydrogen-bond acceptors (Lipinski definition) is 11. The second-order valence-electron chi connectivity index (χ2n) is 15.5. The molecule has 5 rings (SSSR count). The van der Waals surface area contributed by atoms with Gasteiger partial charge in [-0.25, -0.2) is 9.78 Å². The summed E-state index contributed by atoms with van der Waals surface area (Å²) in [5.74, 6) is -0.0275. The number of amides is 2. The quantitative estimate of drug-likeness (QED) is 0.0175. The van der Waals surface area contributed by atoms with Crippen LogP contribution in [-0.2, 0) is 39.0 Å². The average molecular weight is 868 g/mol. The number of ketones is 1. The number of hydrogen-bond donors (Lipinski definition) is 5. The standard InChI is InChI=1S/C46H53N5O10S/c1-4-11-37-35-13-9-14-39(52)36(35)21-22-40(37)61-26-8-7-24-46(2,3)45(56)50-38(44(54)55)28-31-16-19-34(20-17-31)60-27-10-25-47-43(53)33-18-23-42(48-29-33)51-49-30-32-12-5-6-15-41(32)62(57,58)59/h4-6,12,15-23,29-30,38H,1,7-11,13-14,24-28H2,2-3H3,(H,47,53)(H,48,51)(H,50,56)(H,54,55)(H,57,58,59)/b49-30-/t38-/m0/s1. The van der Waals surface area contributed by atoms with E-state index < -0.39 is 27.5 Å². The van der Waals surface area contributed by atoms with E-state index in [1.54, 1.807) is 50.2 Å². The van der Waals surface area contributed by atoms with Crippen LogP contribution in [0.25, 0.3) is 0 Å². The Labute approximate surface area is 361 Å². The lowest BCUT2D eigenvalue weighted by Gasteiger charge is -2.26. The van der Waals surface area contributed by atoms with Gasteiger partial charge in [0.2, 0.25) is 5.91 Å². The summed E-state index contributed by atoms with van der Waals surface area (Å²) in [5.41, 5.74) is 5.88.